The lowest BCUT2D eigenvalue weighted by molar-refractivity contribution is -0.132. The van der Waals surface area contributed by atoms with Gasteiger partial charge in [-0.2, -0.15) is 0 Å². The molecule has 2 heterocycles. The lowest BCUT2D eigenvalue weighted by atomic mass is 9.85. The van der Waals surface area contributed by atoms with Gasteiger partial charge in [-0.25, -0.2) is 0 Å². The number of carbonyl (C=O) groups is 1. The first-order chi connectivity index (χ1) is 8.76. The van der Waals surface area contributed by atoms with E-state index in [-0.39, 0.29) is 17.3 Å². The quantitative estimate of drug-likeness (QED) is 0.784. The number of hydrogen-bond acceptors (Lipinski definition) is 3. The molecule has 2 rings (SSSR count). The van der Waals surface area contributed by atoms with Crippen LogP contribution in [0, 0.1) is 11.8 Å². The molecule has 0 saturated carbocycles. The summed E-state index contributed by atoms with van der Waals surface area (Å²) in [6, 6.07) is 0. The minimum atomic E-state index is -0.614. The summed E-state index contributed by atoms with van der Waals surface area (Å²) < 4.78 is 5.97. The largest absolute Gasteiger partial charge is 0.361 e. The fraction of sp³-hybridized carbons (Fsp3) is 0.938. The number of Topliss-reactive ketones (excluding diaryl/α,β-unsaturated/α-hetero) is 1. The van der Waals surface area contributed by atoms with Gasteiger partial charge in [-0.3, -0.25) is 4.79 Å². The summed E-state index contributed by atoms with van der Waals surface area (Å²) in [5.74, 6) is 1.12. The summed E-state index contributed by atoms with van der Waals surface area (Å²) in [5, 5.41) is 0. The molecule has 0 aromatic heterocycles. The molecule has 2 fully saturated rings. The highest BCUT2D eigenvalue weighted by molar-refractivity contribution is 5.91. The fourth-order valence-electron chi connectivity index (χ4n) is 3.80. The summed E-state index contributed by atoms with van der Waals surface area (Å²) >= 11 is 0. The molecule has 0 amide bonds. The first-order valence-corrected chi connectivity index (χ1v) is 7.73. The second kappa shape index (κ2) is 5.17. The fourth-order valence-corrected chi connectivity index (χ4v) is 3.80. The van der Waals surface area contributed by atoms with E-state index in [0.29, 0.717) is 0 Å². The first kappa shape index (κ1) is 15.0. The maximum Gasteiger partial charge on any atom is 0.171 e. The Bertz CT molecular complexity index is 349. The van der Waals surface area contributed by atoms with Crippen molar-refractivity contribution in [2.24, 2.45) is 11.8 Å². The van der Waals surface area contributed by atoms with Crippen LogP contribution in [0.1, 0.15) is 53.9 Å². The maximum absolute atomic E-state index is 12.5. The summed E-state index contributed by atoms with van der Waals surface area (Å²) in [7, 11) is 0. The average molecular weight is 267 g/mol. The van der Waals surface area contributed by atoms with Crippen molar-refractivity contribution in [3.05, 3.63) is 0 Å². The van der Waals surface area contributed by atoms with Crippen molar-refractivity contribution in [3.63, 3.8) is 0 Å². The van der Waals surface area contributed by atoms with Crippen molar-refractivity contribution in [1.29, 1.82) is 0 Å². The number of likely N-dealkylation sites (tertiary alicyclic amines) is 1. The Morgan fingerprint density at radius 3 is 2.53 bits per heavy atom. The van der Waals surface area contributed by atoms with Crippen LogP contribution >= 0.6 is 0 Å². The van der Waals surface area contributed by atoms with Crippen molar-refractivity contribution in [3.8, 4) is 0 Å². The van der Waals surface area contributed by atoms with Gasteiger partial charge in [-0.1, -0.05) is 13.3 Å². The van der Waals surface area contributed by atoms with Gasteiger partial charge in [0.25, 0.3) is 0 Å². The monoisotopic (exact) mass is 267 g/mol. The Morgan fingerprint density at radius 2 is 2.00 bits per heavy atom. The van der Waals surface area contributed by atoms with Crippen molar-refractivity contribution < 1.29 is 9.53 Å². The van der Waals surface area contributed by atoms with E-state index in [4.69, 9.17) is 4.74 Å². The zero-order valence-corrected chi connectivity index (χ0v) is 13.2. The molecule has 0 N–H and O–H groups in total. The third kappa shape index (κ3) is 3.03. The molecule has 110 valence electrons. The summed E-state index contributed by atoms with van der Waals surface area (Å²) in [5.41, 5.74) is -0.944. The van der Waals surface area contributed by atoms with Gasteiger partial charge in [0.2, 0.25) is 0 Å². The maximum atomic E-state index is 12.5. The topological polar surface area (TPSA) is 29.5 Å². The van der Waals surface area contributed by atoms with Crippen molar-refractivity contribution >= 4 is 5.78 Å². The van der Waals surface area contributed by atoms with Crippen LogP contribution in [0.5, 0.6) is 0 Å². The van der Waals surface area contributed by atoms with E-state index < -0.39 is 5.60 Å². The van der Waals surface area contributed by atoms with Crippen LogP contribution in [0.25, 0.3) is 0 Å². The molecule has 0 aromatic rings. The van der Waals surface area contributed by atoms with E-state index in [0.717, 1.165) is 25.6 Å². The zero-order valence-electron chi connectivity index (χ0n) is 13.2. The molecule has 2 atom stereocenters. The number of ether oxygens (including phenoxy) is 1. The molecular formula is C16H29NO2. The Morgan fingerprint density at radius 1 is 1.32 bits per heavy atom. The highest BCUT2D eigenvalue weighted by Gasteiger charge is 2.53. The standard InChI is InChI=1S/C16H29NO2/c1-6-7-12-8-9-17(10-12)11-13-14(18)16(4,5)19-15(13,2)3/h12-13H,6-11H2,1-5H3. The van der Waals surface area contributed by atoms with E-state index >= 15 is 0 Å². The molecular weight excluding hydrogens is 238 g/mol. The number of hydrogen-bond donors (Lipinski definition) is 0. The minimum Gasteiger partial charge on any atom is -0.361 e. The van der Waals surface area contributed by atoms with E-state index in [2.05, 4.69) is 25.7 Å². The molecule has 0 spiro atoms. The molecule has 0 radical (unpaired) electrons. The Kier molecular flexibility index (Phi) is 4.08. The number of ketones is 1. The summed E-state index contributed by atoms with van der Waals surface area (Å²) in [4.78, 5) is 15.0. The SMILES string of the molecule is CCCC1CCN(CC2C(=O)C(C)(C)OC2(C)C)C1. The van der Waals surface area contributed by atoms with Gasteiger partial charge in [0.05, 0.1) is 11.5 Å². The van der Waals surface area contributed by atoms with Crippen molar-refractivity contribution in [1.82, 2.24) is 4.90 Å². The molecule has 2 saturated heterocycles. The van der Waals surface area contributed by atoms with Crippen LogP contribution < -0.4 is 0 Å². The van der Waals surface area contributed by atoms with E-state index in [1.807, 2.05) is 13.8 Å². The van der Waals surface area contributed by atoms with Gasteiger partial charge in [0.1, 0.15) is 5.60 Å². The Balaban J connectivity index is 1.98. The predicted molar refractivity (Wildman–Crippen MR) is 77.2 cm³/mol. The van der Waals surface area contributed by atoms with Gasteiger partial charge < -0.3 is 9.64 Å². The number of rotatable bonds is 4. The third-order valence-corrected chi connectivity index (χ3v) is 4.77. The van der Waals surface area contributed by atoms with Crippen LogP contribution in [0.15, 0.2) is 0 Å². The average Bonchev–Trinajstić information content (AvgIpc) is 2.76. The van der Waals surface area contributed by atoms with E-state index in [9.17, 15) is 4.79 Å². The van der Waals surface area contributed by atoms with E-state index in [1.54, 1.807) is 0 Å². The highest BCUT2D eigenvalue weighted by atomic mass is 16.5. The second-order valence-corrected chi connectivity index (χ2v) is 7.34. The molecule has 2 aliphatic heterocycles. The molecule has 2 aliphatic rings. The highest BCUT2D eigenvalue weighted by Crippen LogP contribution is 2.40. The van der Waals surface area contributed by atoms with Crippen molar-refractivity contribution in [2.45, 2.75) is 65.1 Å². The molecule has 2 unspecified atom stereocenters. The van der Waals surface area contributed by atoms with Gasteiger partial charge in [-0.15, -0.1) is 0 Å². The molecule has 3 nitrogen and oxygen atoms in total. The summed E-state index contributed by atoms with van der Waals surface area (Å²) in [6.07, 6.45) is 3.88. The zero-order chi connectivity index (χ0) is 14.3. The Hall–Kier alpha value is -0.410. The molecule has 0 bridgehead atoms. The van der Waals surface area contributed by atoms with Crippen molar-refractivity contribution in [2.75, 3.05) is 19.6 Å². The minimum absolute atomic E-state index is 0.0166. The normalized spacial score (nSPS) is 34.1. The second-order valence-electron chi connectivity index (χ2n) is 7.34. The lowest BCUT2D eigenvalue weighted by Gasteiger charge is -2.28. The van der Waals surface area contributed by atoms with Gasteiger partial charge >= 0.3 is 0 Å². The molecule has 19 heavy (non-hydrogen) atoms. The van der Waals surface area contributed by atoms with Crippen LogP contribution in [-0.2, 0) is 9.53 Å². The molecule has 0 aliphatic carbocycles. The number of carbonyl (C=O) groups excluding carboxylic acids is 1. The van der Waals surface area contributed by atoms with Gasteiger partial charge in [-0.05, 0) is 53.0 Å². The number of nitrogens with zero attached hydrogens (tertiary/aromatic N) is 1. The Labute approximate surface area is 117 Å². The van der Waals surface area contributed by atoms with Gasteiger partial charge in [0, 0.05) is 13.1 Å². The van der Waals surface area contributed by atoms with Crippen LogP contribution in [0.2, 0.25) is 0 Å². The third-order valence-electron chi connectivity index (χ3n) is 4.77. The molecule has 0 aromatic carbocycles. The first-order valence-electron chi connectivity index (χ1n) is 7.73. The van der Waals surface area contributed by atoms with Gasteiger partial charge in [0.15, 0.2) is 5.78 Å². The summed E-state index contributed by atoms with van der Waals surface area (Å²) in [6.45, 7) is 13.4. The van der Waals surface area contributed by atoms with Crippen LogP contribution in [-0.4, -0.2) is 41.5 Å². The smallest absolute Gasteiger partial charge is 0.171 e. The van der Waals surface area contributed by atoms with Crippen LogP contribution in [0.4, 0.5) is 0 Å². The lowest BCUT2D eigenvalue weighted by Crippen LogP contribution is -2.40. The molecule has 3 heteroatoms. The van der Waals surface area contributed by atoms with Crippen LogP contribution in [0.3, 0.4) is 0 Å². The predicted octanol–water partition coefficient (Wildman–Crippen LogP) is 2.88. The van der Waals surface area contributed by atoms with E-state index in [1.165, 1.54) is 19.3 Å².